The minimum Gasteiger partial charge on any atom is -0.490 e. The maximum Gasteiger partial charge on any atom is 0.425 e. The maximum absolute atomic E-state index is 14.9. The Morgan fingerprint density at radius 2 is 1.74 bits per heavy atom. The van der Waals surface area contributed by atoms with Gasteiger partial charge in [0.25, 0.3) is 11.8 Å². The van der Waals surface area contributed by atoms with Gasteiger partial charge in [-0.3, -0.25) is 14.6 Å². The number of rotatable bonds is 12. The van der Waals surface area contributed by atoms with Crippen molar-refractivity contribution in [1.29, 1.82) is 0 Å². The van der Waals surface area contributed by atoms with Crippen LogP contribution < -0.4 is 9.47 Å². The van der Waals surface area contributed by atoms with E-state index in [1.807, 2.05) is 6.92 Å². The van der Waals surface area contributed by atoms with Crippen molar-refractivity contribution in [3.63, 3.8) is 0 Å². The lowest BCUT2D eigenvalue weighted by molar-refractivity contribution is -0.163. The molecule has 1 unspecified atom stereocenters. The molecule has 3 aromatic rings. The van der Waals surface area contributed by atoms with Crippen molar-refractivity contribution in [2.75, 3.05) is 19.6 Å². The highest BCUT2D eigenvalue weighted by Crippen LogP contribution is 2.44. The number of ether oxygens (including phenoxy) is 2. The number of nitrogens with zero attached hydrogens (tertiary/aromatic N) is 3. The minimum atomic E-state index is -4.89. The number of halogens is 6. The molecule has 0 saturated carbocycles. The predicted octanol–water partition coefficient (Wildman–Crippen LogP) is 8.05. The van der Waals surface area contributed by atoms with Gasteiger partial charge < -0.3 is 29.2 Å². The molecule has 0 spiro atoms. The van der Waals surface area contributed by atoms with Crippen LogP contribution in [-0.4, -0.2) is 74.9 Å². The highest BCUT2D eigenvalue weighted by molar-refractivity contribution is 7.10. The molecule has 2 aliphatic rings. The van der Waals surface area contributed by atoms with E-state index >= 15 is 0 Å². The largest absolute Gasteiger partial charge is 0.490 e. The zero-order chi connectivity index (χ0) is 39.5. The molecule has 9 nitrogen and oxygen atoms in total. The zero-order valence-corrected chi connectivity index (χ0v) is 31.0. The Hall–Kier alpha value is -4.18. The number of hydrogen-bond acceptors (Lipinski definition) is 8. The molecular weight excluding hydrogens is 740 g/mol. The van der Waals surface area contributed by atoms with Gasteiger partial charge in [-0.05, 0) is 58.1 Å². The molecule has 0 bridgehead atoms. The van der Waals surface area contributed by atoms with Crippen LogP contribution in [0.1, 0.15) is 98.5 Å². The Labute approximate surface area is 313 Å². The number of likely N-dealkylation sites (tertiary alicyclic amines) is 2. The molecule has 5 rings (SSSR count). The van der Waals surface area contributed by atoms with E-state index in [4.69, 9.17) is 9.47 Å². The number of ketones is 1. The summed E-state index contributed by atoms with van der Waals surface area (Å²) >= 11 is 0.371. The lowest BCUT2D eigenvalue weighted by Crippen LogP contribution is -2.68. The molecule has 0 radical (unpaired) electrons. The topological polar surface area (TPSA) is 109 Å². The number of pyridine rings is 1. The smallest absolute Gasteiger partial charge is 0.425 e. The van der Waals surface area contributed by atoms with Gasteiger partial charge in [-0.1, -0.05) is 31.5 Å². The number of piperidine rings is 2. The first kappa shape index (κ1) is 41.0. The van der Waals surface area contributed by atoms with E-state index in [1.54, 1.807) is 31.2 Å². The number of alkyl halides is 6. The molecule has 4 heterocycles. The minimum absolute atomic E-state index is 0.0142. The van der Waals surface area contributed by atoms with Crippen molar-refractivity contribution >= 4 is 28.9 Å². The summed E-state index contributed by atoms with van der Waals surface area (Å²) in [6, 6.07) is 7.22. The lowest BCUT2D eigenvalue weighted by atomic mass is 9.78. The maximum atomic E-state index is 14.9. The Morgan fingerprint density at radius 1 is 1.04 bits per heavy atom. The van der Waals surface area contributed by atoms with E-state index in [9.17, 15) is 45.8 Å². The molecule has 1 aromatic carbocycles. The monoisotopic (exact) mass is 783 g/mol. The first-order valence-electron chi connectivity index (χ1n) is 17.8. The summed E-state index contributed by atoms with van der Waals surface area (Å²) in [6.07, 6.45) is -6.81. The average molecular weight is 784 g/mol. The average Bonchev–Trinajstić information content (AvgIpc) is 3.60. The van der Waals surface area contributed by atoms with Crippen molar-refractivity contribution in [3.8, 4) is 11.5 Å². The van der Waals surface area contributed by atoms with E-state index in [1.165, 1.54) is 11.8 Å². The van der Waals surface area contributed by atoms with E-state index in [2.05, 4.69) is 4.98 Å². The van der Waals surface area contributed by atoms with Crippen molar-refractivity contribution in [2.24, 2.45) is 0 Å². The van der Waals surface area contributed by atoms with Gasteiger partial charge in [0.1, 0.15) is 22.2 Å². The third-order valence-electron chi connectivity index (χ3n) is 10.1. The summed E-state index contributed by atoms with van der Waals surface area (Å²) in [5.41, 5.74) is -4.85. The number of thiophene rings is 1. The van der Waals surface area contributed by atoms with Gasteiger partial charge in [0.2, 0.25) is 5.60 Å². The van der Waals surface area contributed by atoms with Crippen LogP contribution in [0.15, 0.2) is 54.2 Å². The first-order chi connectivity index (χ1) is 25.4. The molecule has 2 aliphatic heterocycles. The van der Waals surface area contributed by atoms with Gasteiger partial charge in [0, 0.05) is 61.9 Å². The van der Waals surface area contributed by atoms with Gasteiger partial charge in [-0.25, -0.2) is 0 Å². The molecule has 2 amide bonds. The number of aliphatic hydroxyl groups is 1. The molecule has 1 N–H and O–H groups in total. The summed E-state index contributed by atoms with van der Waals surface area (Å²) in [7, 11) is 0. The number of benzene rings is 1. The number of para-hydroxylation sites is 1. The van der Waals surface area contributed by atoms with Crippen molar-refractivity contribution < 1.29 is 55.3 Å². The van der Waals surface area contributed by atoms with Crippen molar-refractivity contribution in [3.05, 3.63) is 75.7 Å². The third kappa shape index (κ3) is 8.85. The third-order valence-corrected chi connectivity index (χ3v) is 11.0. The molecule has 16 heteroatoms. The van der Waals surface area contributed by atoms with Crippen LogP contribution in [0, 0.1) is 0 Å². The Balaban J connectivity index is 1.48. The van der Waals surface area contributed by atoms with Crippen LogP contribution in [-0.2, 0) is 27.5 Å². The predicted molar refractivity (Wildman–Crippen MR) is 187 cm³/mol. The highest BCUT2D eigenvalue weighted by atomic mass is 32.1. The van der Waals surface area contributed by atoms with Crippen LogP contribution in [0.25, 0.3) is 0 Å². The van der Waals surface area contributed by atoms with Gasteiger partial charge in [-0.2, -0.15) is 26.3 Å². The number of carbonyl (C=O) groups excluding carboxylic acids is 3. The fourth-order valence-corrected chi connectivity index (χ4v) is 8.03. The summed E-state index contributed by atoms with van der Waals surface area (Å²) in [6.45, 7) is 5.00. The molecule has 3 atom stereocenters. The standard InChI is InChI=1S/C38H43F6N3O6S/c1-4-8-31-36(53-26-21-32(54-23-26)38(42,43)44,14-7-18-47(31)33(49)27-22-45-17-13-28(27)37(39,40)41)34(50)46-19-15-35(51,16-20-46)29-9-5-6-10-30(29)52-25(3)12-11-24(2)48/h5-6,9-10,13,17,21-23,25,31,51H,4,7-8,11-12,14-16,18-20H2,1-3H3/t25?,31-,36+/m1/s1. The Morgan fingerprint density at radius 3 is 2.37 bits per heavy atom. The van der Waals surface area contributed by atoms with Crippen LogP contribution in [0.4, 0.5) is 26.3 Å². The normalized spacial score (nSPS) is 21.0. The van der Waals surface area contributed by atoms with Crippen LogP contribution >= 0.6 is 11.3 Å². The van der Waals surface area contributed by atoms with Crippen molar-refractivity contribution in [2.45, 2.75) is 108 Å². The Bertz CT molecular complexity index is 1810. The number of carbonyl (C=O) groups is 3. The zero-order valence-electron chi connectivity index (χ0n) is 30.1. The Kier molecular flexibility index (Phi) is 12.4. The molecule has 2 fully saturated rings. The molecule has 294 valence electrons. The summed E-state index contributed by atoms with van der Waals surface area (Å²) in [5.74, 6) is -1.49. The van der Waals surface area contributed by atoms with Crippen LogP contribution in [0.5, 0.6) is 11.5 Å². The second-order valence-electron chi connectivity index (χ2n) is 14.0. The quantitative estimate of drug-likeness (QED) is 0.185. The molecule has 2 aromatic heterocycles. The molecule has 54 heavy (non-hydrogen) atoms. The van der Waals surface area contributed by atoms with Gasteiger partial charge >= 0.3 is 12.4 Å². The summed E-state index contributed by atoms with van der Waals surface area (Å²) < 4.78 is 95.6. The summed E-state index contributed by atoms with van der Waals surface area (Å²) in [5, 5.41) is 13.1. The number of aromatic nitrogens is 1. The van der Waals surface area contributed by atoms with Crippen LogP contribution in [0.2, 0.25) is 0 Å². The molecule has 0 aliphatic carbocycles. The number of hydrogen-bond donors (Lipinski definition) is 1. The second kappa shape index (κ2) is 16.3. The van der Waals surface area contributed by atoms with Gasteiger partial charge in [-0.15, -0.1) is 11.3 Å². The summed E-state index contributed by atoms with van der Waals surface area (Å²) in [4.78, 5) is 45.8. The van der Waals surface area contributed by atoms with Gasteiger partial charge in [0.15, 0.2) is 0 Å². The number of amides is 2. The van der Waals surface area contributed by atoms with Gasteiger partial charge in [0.05, 0.1) is 28.9 Å². The fourth-order valence-electron chi connectivity index (χ4n) is 7.35. The first-order valence-corrected chi connectivity index (χ1v) is 18.7. The second-order valence-corrected chi connectivity index (χ2v) is 14.9. The number of Topliss-reactive ketones (excluding diaryl/α,β-unsaturated/α-hetero) is 1. The van der Waals surface area contributed by atoms with E-state index in [0.29, 0.717) is 48.0 Å². The SMILES string of the molecule is CCC[C@H]1N(C(=O)c2cnccc2C(F)(F)F)CCC[C@@]1(Oc1csc(C(F)(F)F)c1)C(=O)N1CCC(O)(c2ccccc2OC(C)CCC(C)=O)CC1. The highest BCUT2D eigenvalue weighted by Gasteiger charge is 2.56. The van der Waals surface area contributed by atoms with E-state index in [0.717, 1.165) is 28.7 Å². The lowest BCUT2D eigenvalue weighted by Gasteiger charge is -2.51. The van der Waals surface area contributed by atoms with Crippen LogP contribution in [0.3, 0.4) is 0 Å². The molecule has 2 saturated heterocycles. The van der Waals surface area contributed by atoms with E-state index < -0.39 is 57.4 Å². The van der Waals surface area contributed by atoms with E-state index in [-0.39, 0.29) is 69.4 Å². The van der Waals surface area contributed by atoms with Crippen molar-refractivity contribution in [1.82, 2.24) is 14.8 Å². The fraction of sp³-hybridized carbons (Fsp3) is 0.526. The molecular formula is C38H43F6N3O6S.